The van der Waals surface area contributed by atoms with Crippen LogP contribution in [0.5, 0.6) is 0 Å². The van der Waals surface area contributed by atoms with Crippen LogP contribution in [0.3, 0.4) is 0 Å². The van der Waals surface area contributed by atoms with Crippen LogP contribution in [-0.4, -0.2) is 8.07 Å². The molecule has 0 unspecified atom stereocenters. The van der Waals surface area contributed by atoms with Gasteiger partial charge < -0.3 is 14.9 Å². The second-order valence-electron chi connectivity index (χ2n) is 14.2. The minimum absolute atomic E-state index is 0. The summed E-state index contributed by atoms with van der Waals surface area (Å²) in [5.74, 6) is 0. The standard InChI is InChI=1S/C51H40Si.2CH3.Hf/c1-52(34-33-37-15-5-2-6-16-37,50-46-23-13-11-21-44(46)35-48(50)42-29-25-40(26-30-42)38-17-7-3-8-18-38)51-47-24-14-12-22-45(47)36-49(51)43-31-27-41(28-32-43)39-19-9-4-10-20-39;;;/h2-32,35-36H,33-34H2,1H3;2*1H3;/q-2;2*-1;+4. The molecule has 0 saturated carbocycles. The fourth-order valence-corrected chi connectivity index (χ4v) is 13.3. The second kappa shape index (κ2) is 17.1. The van der Waals surface area contributed by atoms with Crippen LogP contribution in [0.1, 0.15) is 5.56 Å². The van der Waals surface area contributed by atoms with E-state index in [1.807, 2.05) is 0 Å². The van der Waals surface area contributed by atoms with Crippen LogP contribution in [0.2, 0.25) is 12.6 Å². The van der Waals surface area contributed by atoms with Crippen molar-refractivity contribution in [1.29, 1.82) is 0 Å². The molecule has 266 valence electrons. The summed E-state index contributed by atoms with van der Waals surface area (Å²) in [5, 5.41) is 8.52. The van der Waals surface area contributed by atoms with Crippen LogP contribution in [-0.2, 0) is 32.3 Å². The molecule has 0 aliphatic heterocycles. The molecule has 0 amide bonds. The molecule has 0 fully saturated rings. The van der Waals surface area contributed by atoms with Crippen molar-refractivity contribution in [3.8, 4) is 44.5 Å². The summed E-state index contributed by atoms with van der Waals surface area (Å²) in [6.07, 6.45) is 1.03. The van der Waals surface area contributed by atoms with Crippen LogP contribution in [0, 0.1) is 14.9 Å². The van der Waals surface area contributed by atoms with E-state index in [1.165, 1.54) is 71.6 Å². The van der Waals surface area contributed by atoms with E-state index < -0.39 is 8.07 Å². The maximum atomic E-state index is 2.66. The summed E-state index contributed by atoms with van der Waals surface area (Å²) in [5.41, 5.74) is 11.7. The molecule has 0 aliphatic rings. The van der Waals surface area contributed by atoms with E-state index in [1.54, 1.807) is 10.4 Å². The molecule has 0 spiro atoms. The predicted molar refractivity (Wildman–Crippen MR) is 239 cm³/mol. The summed E-state index contributed by atoms with van der Waals surface area (Å²) in [4.78, 5) is 0. The first kappa shape index (κ1) is 39.5. The van der Waals surface area contributed by atoms with E-state index in [4.69, 9.17) is 0 Å². The topological polar surface area (TPSA) is 0 Å². The summed E-state index contributed by atoms with van der Waals surface area (Å²) in [6.45, 7) is 2.66. The van der Waals surface area contributed by atoms with Gasteiger partial charge in [-0.2, -0.15) is 0 Å². The SMILES string of the molecule is C[Si](CCc1ccccc1)(c1c(-c2ccc(-c3ccccc3)cc2)[cH-]c2ccccc12)c1c(-c2ccc(-c3ccccc3)cc2)[cH-]c2ccccc12.[CH3-].[CH3-].[Hf+4]. The largest absolute Gasteiger partial charge is 4.00 e. The molecule has 0 aliphatic carbocycles. The Morgan fingerprint density at radius 1 is 0.382 bits per heavy atom. The van der Waals surface area contributed by atoms with Crippen molar-refractivity contribution in [3.63, 3.8) is 0 Å². The van der Waals surface area contributed by atoms with Gasteiger partial charge in [0, 0.05) is 8.07 Å². The average molecular weight is 890 g/mol. The Labute approximate surface area is 347 Å². The van der Waals surface area contributed by atoms with Gasteiger partial charge in [-0.3, -0.25) is 0 Å². The Kier molecular flexibility index (Phi) is 12.3. The molecule has 9 rings (SSSR count). The average Bonchev–Trinajstić information content (AvgIpc) is 3.82. The Morgan fingerprint density at radius 2 is 0.709 bits per heavy atom. The molecule has 0 aromatic heterocycles. The molecule has 0 nitrogen and oxygen atoms in total. The zero-order valence-electron chi connectivity index (χ0n) is 32.0. The van der Waals surface area contributed by atoms with Gasteiger partial charge in [-0.1, -0.05) is 200 Å². The number of aryl methyl sites for hydroxylation is 1. The van der Waals surface area contributed by atoms with Gasteiger partial charge in [-0.05, 0) is 34.2 Å². The van der Waals surface area contributed by atoms with Crippen molar-refractivity contribution in [2.24, 2.45) is 0 Å². The number of hydrogen-bond acceptors (Lipinski definition) is 0. The second-order valence-corrected chi connectivity index (χ2v) is 18.4. The maximum absolute atomic E-state index is 2.66. The number of fused-ring (bicyclic) bond motifs is 2. The molecule has 9 aromatic rings. The number of hydrogen-bond donors (Lipinski definition) is 0. The number of benzene rings is 7. The Bertz CT molecular complexity index is 2430. The predicted octanol–water partition coefficient (Wildman–Crippen LogP) is 13.4. The van der Waals surface area contributed by atoms with Gasteiger partial charge in [0.25, 0.3) is 0 Å². The van der Waals surface area contributed by atoms with Gasteiger partial charge >= 0.3 is 25.8 Å². The molecule has 9 aromatic carbocycles. The molecule has 0 heterocycles. The van der Waals surface area contributed by atoms with E-state index in [9.17, 15) is 0 Å². The van der Waals surface area contributed by atoms with Gasteiger partial charge in [-0.15, -0.1) is 67.3 Å². The monoisotopic (exact) mass is 890 g/mol. The Balaban J connectivity index is 0.00000171. The van der Waals surface area contributed by atoms with Gasteiger partial charge in [0.15, 0.2) is 0 Å². The van der Waals surface area contributed by atoms with Crippen molar-refractivity contribution in [2.45, 2.75) is 19.0 Å². The first-order valence-corrected chi connectivity index (χ1v) is 21.1. The van der Waals surface area contributed by atoms with Crippen LogP contribution in [0.15, 0.2) is 200 Å². The van der Waals surface area contributed by atoms with E-state index in [0.717, 1.165) is 12.5 Å². The fraction of sp³-hybridized carbons (Fsp3) is 0.0566. The van der Waals surface area contributed by atoms with Crippen molar-refractivity contribution >= 4 is 40.0 Å². The van der Waals surface area contributed by atoms with Gasteiger partial charge in [-0.25, -0.2) is 0 Å². The maximum Gasteiger partial charge on any atom is 4.00 e. The third-order valence-electron chi connectivity index (χ3n) is 11.1. The molecular weight excluding hydrogens is 843 g/mol. The number of rotatable bonds is 9. The summed E-state index contributed by atoms with van der Waals surface area (Å²) in [6, 6.07) is 75.3. The zero-order valence-corrected chi connectivity index (χ0v) is 36.6. The smallest absolute Gasteiger partial charge is 0.358 e. The van der Waals surface area contributed by atoms with Gasteiger partial charge in [0.05, 0.1) is 0 Å². The molecule has 55 heavy (non-hydrogen) atoms. The molecular formula is C53H46HfSi. The zero-order chi connectivity index (χ0) is 34.9. The van der Waals surface area contributed by atoms with Crippen molar-refractivity contribution in [2.75, 3.05) is 0 Å². The summed E-state index contributed by atoms with van der Waals surface area (Å²) < 4.78 is 0. The summed E-state index contributed by atoms with van der Waals surface area (Å²) in [7, 11) is -2.52. The van der Waals surface area contributed by atoms with E-state index in [2.05, 4.69) is 207 Å². The molecule has 2 heteroatoms. The van der Waals surface area contributed by atoms with Crippen LogP contribution >= 0.6 is 0 Å². The molecule has 0 bridgehead atoms. The fourth-order valence-electron chi connectivity index (χ4n) is 8.45. The van der Waals surface area contributed by atoms with Crippen LogP contribution in [0.25, 0.3) is 66.1 Å². The first-order chi connectivity index (χ1) is 25.7. The molecule has 0 N–H and O–H groups in total. The van der Waals surface area contributed by atoms with Crippen molar-refractivity contribution in [3.05, 3.63) is 221 Å². The van der Waals surface area contributed by atoms with E-state index in [0.29, 0.717) is 0 Å². The van der Waals surface area contributed by atoms with Crippen molar-refractivity contribution < 1.29 is 25.8 Å². The first-order valence-electron chi connectivity index (χ1n) is 18.4. The van der Waals surface area contributed by atoms with Crippen LogP contribution < -0.4 is 10.4 Å². The molecule has 0 radical (unpaired) electrons. The molecule has 0 saturated heterocycles. The van der Waals surface area contributed by atoms with Gasteiger partial charge in [0.1, 0.15) is 0 Å². The Morgan fingerprint density at radius 3 is 1.13 bits per heavy atom. The molecule has 0 atom stereocenters. The third kappa shape index (κ3) is 7.59. The minimum Gasteiger partial charge on any atom is -0.358 e. The minimum atomic E-state index is -2.52. The van der Waals surface area contributed by atoms with Crippen LogP contribution in [0.4, 0.5) is 0 Å². The van der Waals surface area contributed by atoms with E-state index in [-0.39, 0.29) is 40.7 Å². The van der Waals surface area contributed by atoms with E-state index >= 15 is 0 Å². The summed E-state index contributed by atoms with van der Waals surface area (Å²) >= 11 is 0. The van der Waals surface area contributed by atoms with Gasteiger partial charge in [0.2, 0.25) is 0 Å². The quantitative estimate of drug-likeness (QED) is 0.100. The Hall–Kier alpha value is -5.15. The normalized spacial score (nSPS) is 11.1. The third-order valence-corrected chi connectivity index (χ3v) is 15.6. The van der Waals surface area contributed by atoms with Crippen molar-refractivity contribution in [1.82, 2.24) is 0 Å².